The molecule has 2 aliphatic rings. The number of aromatic amines is 1. The maximum Gasteiger partial charge on any atom is 0.246 e. The minimum atomic E-state index is -0.473. The lowest BCUT2D eigenvalue weighted by Gasteiger charge is -2.43. The second-order valence-electron chi connectivity index (χ2n) is 11.5. The molecule has 0 bridgehead atoms. The third-order valence-electron chi connectivity index (χ3n) is 8.71. The number of likely N-dealkylation sites (N-methyl/N-ethyl adjacent to an activating group) is 1. The van der Waals surface area contributed by atoms with E-state index in [-0.39, 0.29) is 17.5 Å². The molecule has 2 aliphatic heterocycles. The average Bonchev–Trinajstić information content (AvgIpc) is 3.36. The zero-order chi connectivity index (χ0) is 29.9. The van der Waals surface area contributed by atoms with Crippen LogP contribution in [0, 0.1) is 12.7 Å². The smallest absolute Gasteiger partial charge is 0.246 e. The third-order valence-corrected chi connectivity index (χ3v) is 9.01. The quantitative estimate of drug-likeness (QED) is 0.323. The van der Waals surface area contributed by atoms with Crippen molar-refractivity contribution in [3.8, 4) is 11.1 Å². The third kappa shape index (κ3) is 4.57. The van der Waals surface area contributed by atoms with Crippen LogP contribution in [0.15, 0.2) is 30.9 Å². The maximum atomic E-state index is 17.0. The fourth-order valence-electron chi connectivity index (χ4n) is 6.18. The van der Waals surface area contributed by atoms with Crippen molar-refractivity contribution in [2.75, 3.05) is 56.6 Å². The Kier molecular flexibility index (Phi) is 7.31. The molecule has 1 atom stereocenters. The van der Waals surface area contributed by atoms with Crippen LogP contribution in [0.25, 0.3) is 32.9 Å². The Labute approximate surface area is 249 Å². The number of anilines is 2. The van der Waals surface area contributed by atoms with E-state index in [1.807, 2.05) is 32.9 Å². The van der Waals surface area contributed by atoms with Crippen LogP contribution in [-0.2, 0) is 11.2 Å². The van der Waals surface area contributed by atoms with Gasteiger partial charge in [-0.1, -0.05) is 31.2 Å². The Morgan fingerprint density at radius 2 is 1.95 bits per heavy atom. The van der Waals surface area contributed by atoms with Crippen molar-refractivity contribution < 1.29 is 9.18 Å². The average molecular weight is 591 g/mol. The summed E-state index contributed by atoms with van der Waals surface area (Å²) in [7, 11) is 4.11. The molecular weight excluding hydrogens is 555 g/mol. The summed E-state index contributed by atoms with van der Waals surface area (Å²) in [6.07, 6.45) is 2.04. The van der Waals surface area contributed by atoms with Crippen molar-refractivity contribution >= 4 is 51.1 Å². The van der Waals surface area contributed by atoms with Crippen LogP contribution in [0.3, 0.4) is 0 Å². The largest absolute Gasteiger partial charge is 0.352 e. The predicted molar refractivity (Wildman–Crippen MR) is 167 cm³/mol. The molecule has 2 aromatic carbocycles. The van der Waals surface area contributed by atoms with Gasteiger partial charge in [0.05, 0.1) is 16.2 Å². The number of carbonyl (C=O) groups excluding carboxylic acids is 1. The second kappa shape index (κ2) is 10.8. The summed E-state index contributed by atoms with van der Waals surface area (Å²) in [6, 6.07) is 6.02. The molecule has 42 heavy (non-hydrogen) atoms. The van der Waals surface area contributed by atoms with Gasteiger partial charge >= 0.3 is 0 Å². The van der Waals surface area contributed by atoms with Crippen molar-refractivity contribution in [1.29, 1.82) is 0 Å². The summed E-state index contributed by atoms with van der Waals surface area (Å²) >= 11 is 6.97. The highest BCUT2D eigenvalue weighted by molar-refractivity contribution is 6.35. The van der Waals surface area contributed by atoms with Crippen LogP contribution in [0.5, 0.6) is 0 Å². The molecule has 4 aromatic rings. The van der Waals surface area contributed by atoms with Gasteiger partial charge in [-0.2, -0.15) is 10.1 Å². The fraction of sp³-hybridized carbons (Fsp3) is 0.419. The van der Waals surface area contributed by atoms with Gasteiger partial charge in [-0.05, 0) is 58.1 Å². The number of hydrogen-bond acceptors (Lipinski definition) is 7. The minimum absolute atomic E-state index is 0.0757. The van der Waals surface area contributed by atoms with Crippen molar-refractivity contribution in [1.82, 2.24) is 30.0 Å². The van der Waals surface area contributed by atoms with Crippen molar-refractivity contribution in [3.05, 3.63) is 53.0 Å². The summed E-state index contributed by atoms with van der Waals surface area (Å²) in [5.41, 5.74) is 3.89. The van der Waals surface area contributed by atoms with Crippen LogP contribution < -0.4 is 9.80 Å². The van der Waals surface area contributed by atoms with Crippen LogP contribution in [-0.4, -0.2) is 94.8 Å². The number of amides is 1. The highest BCUT2D eigenvalue weighted by Gasteiger charge is 2.34. The normalized spacial score (nSPS) is 17.9. The molecule has 9 nitrogen and oxygen atoms in total. The van der Waals surface area contributed by atoms with Crippen LogP contribution in [0.1, 0.15) is 25.1 Å². The Hall–Kier alpha value is -3.76. The first-order valence-electron chi connectivity index (χ1n) is 14.4. The molecule has 11 heteroatoms. The summed E-state index contributed by atoms with van der Waals surface area (Å²) in [6.45, 7) is 12.7. The fourth-order valence-corrected chi connectivity index (χ4v) is 6.47. The van der Waals surface area contributed by atoms with Crippen LogP contribution in [0.4, 0.5) is 16.2 Å². The molecule has 1 amide bonds. The molecule has 0 radical (unpaired) electrons. The molecule has 2 fully saturated rings. The first-order chi connectivity index (χ1) is 20.1. The number of carbonyl (C=O) groups is 1. The van der Waals surface area contributed by atoms with Gasteiger partial charge in [0.25, 0.3) is 0 Å². The van der Waals surface area contributed by atoms with Crippen molar-refractivity contribution in [2.45, 2.75) is 39.3 Å². The number of aryl methyl sites for hydroxylation is 2. The molecule has 2 saturated heterocycles. The number of halogens is 2. The Morgan fingerprint density at radius 3 is 2.62 bits per heavy atom. The standard InChI is InChI=1S/C31H36ClFN8O/c1-7-22-27-23(37-36-22)10-9-17(3)25(27)26-21(32)13-20-29(28(26)33)34-31(40-15-19(16-40)38(5)6)35-30(20)39-11-12-41(18(4)14-39)24(42)8-2/h8-10,13,18-19H,2,7,11-12,14-16H2,1,3-6H3,(H,36,37)/t18-/m1/s1. The summed E-state index contributed by atoms with van der Waals surface area (Å²) < 4.78 is 17.0. The topological polar surface area (TPSA) is 84.5 Å². The first-order valence-corrected chi connectivity index (χ1v) is 14.8. The predicted octanol–water partition coefficient (Wildman–Crippen LogP) is 4.81. The number of aromatic nitrogens is 4. The van der Waals surface area contributed by atoms with Gasteiger partial charge in [-0.3, -0.25) is 9.89 Å². The molecule has 1 N–H and O–H groups in total. The van der Waals surface area contributed by atoms with E-state index in [9.17, 15) is 4.79 Å². The lowest BCUT2D eigenvalue weighted by Crippen LogP contribution is -2.58. The minimum Gasteiger partial charge on any atom is -0.352 e. The van der Waals surface area contributed by atoms with E-state index >= 15 is 4.39 Å². The number of H-pyrrole nitrogens is 1. The van der Waals surface area contributed by atoms with E-state index in [0.29, 0.717) is 59.8 Å². The van der Waals surface area contributed by atoms with E-state index in [0.717, 1.165) is 40.8 Å². The maximum absolute atomic E-state index is 17.0. The van der Waals surface area contributed by atoms with Crippen molar-refractivity contribution in [2.24, 2.45) is 0 Å². The molecular formula is C31H36ClFN8O. The number of hydrogen-bond donors (Lipinski definition) is 1. The molecule has 2 aromatic heterocycles. The van der Waals surface area contributed by atoms with Gasteiger partial charge in [0, 0.05) is 66.7 Å². The molecule has 0 aliphatic carbocycles. The zero-order valence-corrected chi connectivity index (χ0v) is 25.5. The molecule has 6 rings (SSSR count). The van der Waals surface area contributed by atoms with Gasteiger partial charge < -0.3 is 19.6 Å². The molecule has 4 heterocycles. The van der Waals surface area contributed by atoms with Crippen molar-refractivity contribution in [3.63, 3.8) is 0 Å². The van der Waals surface area contributed by atoms with E-state index in [1.54, 1.807) is 11.0 Å². The lowest BCUT2D eigenvalue weighted by molar-refractivity contribution is -0.128. The zero-order valence-electron chi connectivity index (χ0n) is 24.7. The Bertz CT molecular complexity index is 1710. The number of fused-ring (bicyclic) bond motifs is 2. The second-order valence-corrected chi connectivity index (χ2v) is 12.0. The monoisotopic (exact) mass is 590 g/mol. The molecule has 0 unspecified atom stereocenters. The van der Waals surface area contributed by atoms with Gasteiger partial charge in [-0.15, -0.1) is 0 Å². The van der Waals surface area contributed by atoms with E-state index in [4.69, 9.17) is 21.6 Å². The first kappa shape index (κ1) is 28.4. The Morgan fingerprint density at radius 1 is 1.19 bits per heavy atom. The van der Waals surface area contributed by atoms with E-state index < -0.39 is 5.82 Å². The summed E-state index contributed by atoms with van der Waals surface area (Å²) in [4.78, 5) is 30.4. The number of nitrogens with one attached hydrogen (secondary N) is 1. The number of rotatable bonds is 6. The van der Waals surface area contributed by atoms with Gasteiger partial charge in [0.1, 0.15) is 11.3 Å². The number of piperazine rings is 1. The number of nitrogens with zero attached hydrogens (tertiary/aromatic N) is 7. The highest BCUT2D eigenvalue weighted by atomic mass is 35.5. The van der Waals surface area contributed by atoms with Gasteiger partial charge in [0.2, 0.25) is 11.9 Å². The lowest BCUT2D eigenvalue weighted by atomic mass is 9.93. The molecule has 0 saturated carbocycles. The number of benzene rings is 2. The molecule has 0 spiro atoms. The van der Waals surface area contributed by atoms with E-state index in [2.05, 4.69) is 45.6 Å². The van der Waals surface area contributed by atoms with Crippen LogP contribution in [0.2, 0.25) is 5.02 Å². The SMILES string of the molecule is C=CC(=O)N1CCN(c2nc(N3CC(N(C)C)C3)nc3c(F)c(-c4c(C)ccc5[nH]nc(CC)c45)c(Cl)cc23)C[C@H]1C. The summed E-state index contributed by atoms with van der Waals surface area (Å²) in [5, 5.41) is 9.29. The highest BCUT2D eigenvalue weighted by Crippen LogP contribution is 2.43. The van der Waals surface area contributed by atoms with Crippen LogP contribution >= 0.6 is 11.6 Å². The Balaban J connectivity index is 1.54. The molecule has 220 valence electrons. The van der Waals surface area contributed by atoms with E-state index in [1.165, 1.54) is 6.08 Å². The van der Waals surface area contributed by atoms with Gasteiger partial charge in [0.15, 0.2) is 5.82 Å². The summed E-state index contributed by atoms with van der Waals surface area (Å²) in [5.74, 6) is 0.548. The van der Waals surface area contributed by atoms with Gasteiger partial charge in [-0.25, -0.2) is 9.37 Å².